The van der Waals surface area contributed by atoms with Gasteiger partial charge in [0.15, 0.2) is 11.5 Å². The van der Waals surface area contributed by atoms with Crippen molar-refractivity contribution in [1.82, 2.24) is 4.90 Å². The number of likely N-dealkylation sites (N-methyl/N-ethyl adjacent to an activating group) is 1. The first-order valence-electron chi connectivity index (χ1n) is 11.0. The maximum atomic E-state index is 9.93. The Balaban J connectivity index is 2.02. The van der Waals surface area contributed by atoms with Crippen LogP contribution in [0.2, 0.25) is 0 Å². The van der Waals surface area contributed by atoms with E-state index in [2.05, 4.69) is 30.6 Å². The van der Waals surface area contributed by atoms with Crippen LogP contribution in [0.4, 0.5) is 0 Å². The highest BCUT2D eigenvalue weighted by molar-refractivity contribution is 5.46. The van der Waals surface area contributed by atoms with Gasteiger partial charge in [-0.15, -0.1) is 0 Å². The monoisotopic (exact) mass is 440 g/mol. The van der Waals surface area contributed by atoms with Gasteiger partial charge in [-0.2, -0.15) is 0 Å². The summed E-state index contributed by atoms with van der Waals surface area (Å²) in [4.78, 5) is 6.37. The maximum absolute atomic E-state index is 9.93. The smallest absolute Gasteiger partial charge is 0.259 e. The van der Waals surface area contributed by atoms with Crippen LogP contribution in [-0.4, -0.2) is 49.5 Å². The number of aromatic hydroxyl groups is 1. The van der Waals surface area contributed by atoms with E-state index in [0.717, 1.165) is 43.5 Å². The molecule has 174 valence electrons. The number of rotatable bonds is 12. The maximum Gasteiger partial charge on any atom is 0.259 e. The molecule has 2 aromatic rings. The molecule has 2 aromatic carbocycles. The average Bonchev–Trinajstić information content (AvgIpc) is 2.80. The molecule has 0 saturated heterocycles. The van der Waals surface area contributed by atoms with E-state index in [0.29, 0.717) is 17.1 Å². The quantitative estimate of drug-likeness (QED) is 0.471. The first-order chi connectivity index (χ1) is 15.3. The average molecular weight is 441 g/mol. The van der Waals surface area contributed by atoms with Gasteiger partial charge >= 0.3 is 0 Å². The first-order valence-corrected chi connectivity index (χ1v) is 11.0. The highest BCUT2D eigenvalue weighted by Gasteiger charge is 2.42. The van der Waals surface area contributed by atoms with Gasteiger partial charge in [0.1, 0.15) is 5.75 Å². The number of benzene rings is 2. The Bertz CT molecular complexity index is 923. The minimum absolute atomic E-state index is 0.140. The summed E-state index contributed by atoms with van der Waals surface area (Å²) in [6, 6.07) is 11.2. The van der Waals surface area contributed by atoms with Gasteiger partial charge in [0.25, 0.3) is 5.54 Å². The highest BCUT2D eigenvalue weighted by Crippen LogP contribution is 2.42. The van der Waals surface area contributed by atoms with E-state index in [9.17, 15) is 10.2 Å². The second-order valence-electron chi connectivity index (χ2n) is 8.54. The minimum Gasteiger partial charge on any atom is -0.508 e. The number of hydrogen-bond acceptors (Lipinski definition) is 5. The summed E-state index contributed by atoms with van der Waals surface area (Å²) in [5.74, 6) is 1.60. The van der Waals surface area contributed by atoms with Crippen LogP contribution in [0.15, 0.2) is 36.4 Å². The molecule has 0 aliphatic carbocycles. The zero-order valence-electron chi connectivity index (χ0n) is 19.9. The molecule has 0 bridgehead atoms. The number of methoxy groups -OCH3 is 2. The van der Waals surface area contributed by atoms with Gasteiger partial charge in [-0.3, -0.25) is 0 Å². The van der Waals surface area contributed by atoms with E-state index in [-0.39, 0.29) is 18.3 Å². The van der Waals surface area contributed by atoms with Gasteiger partial charge in [0.2, 0.25) is 0 Å². The van der Waals surface area contributed by atoms with Crippen molar-refractivity contribution in [2.75, 3.05) is 34.4 Å². The summed E-state index contributed by atoms with van der Waals surface area (Å²) in [7, 11) is 5.30. The fraction of sp³-hybridized carbons (Fsp3) is 0.500. The summed E-state index contributed by atoms with van der Waals surface area (Å²) in [6.07, 6.45) is 2.45. The molecule has 0 amide bonds. The van der Waals surface area contributed by atoms with Gasteiger partial charge in [0.05, 0.1) is 20.8 Å². The van der Waals surface area contributed by atoms with E-state index >= 15 is 0 Å². The summed E-state index contributed by atoms with van der Waals surface area (Å²) >= 11 is 0. The molecule has 0 saturated carbocycles. The molecule has 0 radical (unpaired) electrons. The normalized spacial score (nSPS) is 13.1. The lowest BCUT2D eigenvalue weighted by molar-refractivity contribution is 0.275. The molecule has 1 unspecified atom stereocenters. The van der Waals surface area contributed by atoms with Crippen LogP contribution in [0.5, 0.6) is 17.2 Å². The molecule has 2 rings (SSSR count). The number of ether oxygens (including phenoxy) is 2. The third kappa shape index (κ3) is 5.93. The van der Waals surface area contributed by atoms with Gasteiger partial charge in [-0.05, 0) is 56.3 Å². The number of aliphatic hydroxyl groups is 1. The van der Waals surface area contributed by atoms with Crippen molar-refractivity contribution in [2.45, 2.75) is 45.3 Å². The first kappa shape index (κ1) is 25.5. The molecule has 6 nitrogen and oxygen atoms in total. The van der Waals surface area contributed by atoms with Crippen LogP contribution in [0, 0.1) is 12.5 Å². The van der Waals surface area contributed by atoms with E-state index < -0.39 is 5.54 Å². The van der Waals surface area contributed by atoms with E-state index in [4.69, 9.17) is 16.0 Å². The highest BCUT2D eigenvalue weighted by atomic mass is 16.5. The summed E-state index contributed by atoms with van der Waals surface area (Å²) in [5.41, 5.74) is 1.92. The minimum atomic E-state index is -0.619. The molecule has 2 N–H and O–H groups in total. The zero-order chi connectivity index (χ0) is 23.7. The SMILES string of the molecule is [C-]#[N+]C(CCCN(C)CCc1ccc(CO)c(O)c1)(c1ccc(OC)c(OC)c1)C(C)C. The van der Waals surface area contributed by atoms with E-state index in [1.807, 2.05) is 24.3 Å². The molecule has 0 aromatic heterocycles. The van der Waals surface area contributed by atoms with Crippen LogP contribution in [0.25, 0.3) is 4.85 Å². The van der Waals surface area contributed by atoms with Crippen molar-refractivity contribution in [2.24, 2.45) is 5.92 Å². The molecular weight excluding hydrogens is 404 g/mol. The van der Waals surface area contributed by atoms with Gasteiger partial charge in [-0.25, -0.2) is 6.57 Å². The lowest BCUT2D eigenvalue weighted by Crippen LogP contribution is -2.31. The van der Waals surface area contributed by atoms with E-state index in [1.165, 1.54) is 0 Å². The number of phenols is 1. The molecule has 6 heteroatoms. The zero-order valence-corrected chi connectivity index (χ0v) is 19.9. The van der Waals surface area contributed by atoms with Gasteiger partial charge in [-0.1, -0.05) is 26.0 Å². The fourth-order valence-electron chi connectivity index (χ4n) is 4.07. The Morgan fingerprint density at radius 2 is 1.78 bits per heavy atom. The summed E-state index contributed by atoms with van der Waals surface area (Å²) in [5, 5.41) is 19.1. The Morgan fingerprint density at radius 1 is 1.06 bits per heavy atom. The molecule has 0 heterocycles. The van der Waals surface area contributed by atoms with Gasteiger partial charge < -0.3 is 29.4 Å². The van der Waals surface area contributed by atoms with Crippen LogP contribution in [0.3, 0.4) is 0 Å². The van der Waals surface area contributed by atoms with Crippen molar-refractivity contribution in [3.05, 3.63) is 64.5 Å². The third-order valence-corrected chi connectivity index (χ3v) is 6.24. The number of aliphatic hydroxyl groups excluding tert-OH is 1. The Hall–Kier alpha value is -2.75. The Labute approximate surface area is 192 Å². The van der Waals surface area contributed by atoms with Crippen LogP contribution in [-0.2, 0) is 18.6 Å². The topological polar surface area (TPSA) is 66.5 Å². The third-order valence-electron chi connectivity index (χ3n) is 6.24. The van der Waals surface area contributed by atoms with Crippen molar-refractivity contribution < 1.29 is 19.7 Å². The van der Waals surface area contributed by atoms with Crippen molar-refractivity contribution >= 4 is 0 Å². The second-order valence-corrected chi connectivity index (χ2v) is 8.54. The van der Waals surface area contributed by atoms with Gasteiger partial charge in [0, 0.05) is 30.0 Å². The molecule has 0 spiro atoms. The Morgan fingerprint density at radius 3 is 2.34 bits per heavy atom. The lowest BCUT2D eigenvalue weighted by atomic mass is 9.77. The molecule has 1 atom stereocenters. The molecule has 0 aliphatic heterocycles. The standard InChI is InChI=1S/C26H36N2O4/c1-19(2)26(27-3,22-10-11-24(31-5)25(17-22)32-6)13-7-14-28(4)15-12-20-8-9-21(18-29)23(30)16-20/h8-11,16-17,19,29-30H,7,12-15,18H2,1-2,4-6H3. The van der Waals surface area contributed by atoms with Crippen molar-refractivity contribution in [1.29, 1.82) is 0 Å². The van der Waals surface area contributed by atoms with Crippen molar-refractivity contribution in [3.63, 3.8) is 0 Å². The summed E-state index contributed by atoms with van der Waals surface area (Å²) < 4.78 is 10.8. The fourth-order valence-corrected chi connectivity index (χ4v) is 4.07. The summed E-state index contributed by atoms with van der Waals surface area (Å²) in [6.45, 7) is 13.8. The Kier molecular flexibility index (Phi) is 9.37. The van der Waals surface area contributed by atoms with Crippen LogP contribution in [0.1, 0.15) is 43.4 Å². The number of hydrogen-bond donors (Lipinski definition) is 2. The van der Waals surface area contributed by atoms with Crippen molar-refractivity contribution in [3.8, 4) is 17.2 Å². The molecule has 0 fully saturated rings. The van der Waals surface area contributed by atoms with E-state index in [1.54, 1.807) is 26.4 Å². The predicted molar refractivity (Wildman–Crippen MR) is 127 cm³/mol. The molecule has 0 aliphatic rings. The second kappa shape index (κ2) is 11.8. The van der Waals surface area contributed by atoms with Crippen LogP contribution < -0.4 is 9.47 Å². The van der Waals surface area contributed by atoms with Crippen LogP contribution >= 0.6 is 0 Å². The predicted octanol–water partition coefficient (Wildman–Crippen LogP) is 4.63. The molecular formula is C26H36N2O4. The lowest BCUT2D eigenvalue weighted by Gasteiger charge is -2.28. The largest absolute Gasteiger partial charge is 0.508 e. The molecule has 32 heavy (non-hydrogen) atoms. The number of nitrogens with zero attached hydrogens (tertiary/aromatic N) is 2.